The lowest BCUT2D eigenvalue weighted by atomic mass is 9.82. The number of fused-ring (bicyclic) bond motifs is 2. The highest BCUT2D eigenvalue weighted by Crippen LogP contribution is 2.48. The van der Waals surface area contributed by atoms with Gasteiger partial charge in [0.25, 0.3) is 0 Å². The Morgan fingerprint density at radius 3 is 2.52 bits per heavy atom. The van der Waals surface area contributed by atoms with Crippen LogP contribution in [0.15, 0.2) is 40.9 Å². The summed E-state index contributed by atoms with van der Waals surface area (Å²) in [6, 6.07) is 7.67. The SMILES string of the molecule is O=C(O)[C@@H]1C2C=CC(C2)[C@@H]1C(=O)NCc1ccccc1Br. The Labute approximate surface area is 131 Å². The molecule has 5 heteroatoms. The van der Waals surface area contributed by atoms with Crippen molar-refractivity contribution in [1.29, 1.82) is 0 Å². The lowest BCUT2D eigenvalue weighted by Gasteiger charge is -2.24. The van der Waals surface area contributed by atoms with E-state index in [1.807, 2.05) is 36.4 Å². The van der Waals surface area contributed by atoms with E-state index < -0.39 is 17.8 Å². The minimum absolute atomic E-state index is 0.00621. The summed E-state index contributed by atoms with van der Waals surface area (Å²) in [5, 5.41) is 12.2. The maximum atomic E-state index is 12.4. The van der Waals surface area contributed by atoms with Crippen LogP contribution in [0.5, 0.6) is 0 Å². The number of halogens is 1. The number of amides is 1. The first kappa shape index (κ1) is 14.3. The normalized spacial score (nSPS) is 29.6. The van der Waals surface area contributed by atoms with E-state index in [2.05, 4.69) is 21.2 Å². The molecule has 0 aliphatic heterocycles. The van der Waals surface area contributed by atoms with E-state index in [1.165, 1.54) is 0 Å². The standard InChI is InChI=1S/C16H16BrNO3/c17-12-4-2-1-3-11(12)8-18-15(19)13-9-5-6-10(7-9)14(13)16(20)21/h1-6,9-10,13-14H,7-8H2,(H,18,19)(H,20,21)/t9?,10?,13-,14+/m0/s1. The van der Waals surface area contributed by atoms with Crippen LogP contribution in [0.1, 0.15) is 12.0 Å². The van der Waals surface area contributed by atoms with E-state index in [9.17, 15) is 14.7 Å². The Bertz CT molecular complexity index is 613. The molecule has 1 aromatic carbocycles. The fourth-order valence-electron chi connectivity index (χ4n) is 3.46. The Balaban J connectivity index is 1.69. The first-order valence-electron chi connectivity index (χ1n) is 7.00. The molecule has 2 aliphatic carbocycles. The number of rotatable bonds is 4. The van der Waals surface area contributed by atoms with Crippen LogP contribution < -0.4 is 5.32 Å². The molecule has 2 N–H and O–H groups in total. The summed E-state index contributed by atoms with van der Waals surface area (Å²) in [5.74, 6) is -1.98. The van der Waals surface area contributed by atoms with E-state index >= 15 is 0 Å². The minimum atomic E-state index is -0.868. The highest BCUT2D eigenvalue weighted by molar-refractivity contribution is 9.10. The van der Waals surface area contributed by atoms with E-state index in [0.29, 0.717) is 6.54 Å². The maximum Gasteiger partial charge on any atom is 0.307 e. The lowest BCUT2D eigenvalue weighted by Crippen LogP contribution is -2.39. The molecule has 3 rings (SSSR count). The predicted octanol–water partition coefficient (Wildman–Crippen LogP) is 2.59. The molecule has 110 valence electrons. The van der Waals surface area contributed by atoms with Crippen LogP contribution in [0.3, 0.4) is 0 Å². The van der Waals surface area contributed by atoms with Crippen LogP contribution in [0, 0.1) is 23.7 Å². The number of carboxylic acids is 1. The van der Waals surface area contributed by atoms with Gasteiger partial charge in [0.1, 0.15) is 0 Å². The first-order chi connectivity index (χ1) is 10.1. The summed E-state index contributed by atoms with van der Waals surface area (Å²) < 4.78 is 0.938. The van der Waals surface area contributed by atoms with Gasteiger partial charge < -0.3 is 10.4 Å². The molecule has 1 aromatic rings. The lowest BCUT2D eigenvalue weighted by molar-refractivity contribution is -0.147. The van der Waals surface area contributed by atoms with Gasteiger partial charge in [-0.15, -0.1) is 0 Å². The smallest absolute Gasteiger partial charge is 0.307 e. The van der Waals surface area contributed by atoms with E-state index in [4.69, 9.17) is 0 Å². The summed E-state index contributed by atoms with van der Waals surface area (Å²) in [4.78, 5) is 23.8. The van der Waals surface area contributed by atoms with E-state index in [1.54, 1.807) is 0 Å². The van der Waals surface area contributed by atoms with Crippen LogP contribution in [-0.2, 0) is 16.1 Å². The number of carboxylic acid groups (broad SMARTS) is 1. The molecular weight excluding hydrogens is 334 g/mol. The fourth-order valence-corrected chi connectivity index (χ4v) is 3.88. The van der Waals surface area contributed by atoms with Crippen molar-refractivity contribution in [3.05, 3.63) is 46.5 Å². The topological polar surface area (TPSA) is 66.4 Å². The van der Waals surface area contributed by atoms with Crippen LogP contribution in [0.25, 0.3) is 0 Å². The van der Waals surface area contributed by atoms with Gasteiger partial charge in [0.05, 0.1) is 11.8 Å². The number of allylic oxidation sites excluding steroid dienone is 2. The summed E-state index contributed by atoms with van der Waals surface area (Å²) in [6.45, 7) is 0.407. The maximum absolute atomic E-state index is 12.4. The van der Waals surface area contributed by atoms with Crippen molar-refractivity contribution in [2.24, 2.45) is 23.7 Å². The second-order valence-electron chi connectivity index (χ2n) is 5.65. The quantitative estimate of drug-likeness (QED) is 0.821. The average molecular weight is 350 g/mol. The molecule has 2 unspecified atom stereocenters. The van der Waals surface area contributed by atoms with Crippen LogP contribution >= 0.6 is 15.9 Å². The van der Waals surface area contributed by atoms with Gasteiger partial charge in [0.2, 0.25) is 5.91 Å². The Morgan fingerprint density at radius 1 is 1.19 bits per heavy atom. The summed E-state index contributed by atoms with van der Waals surface area (Å²) in [5.41, 5.74) is 0.983. The molecule has 4 atom stereocenters. The molecule has 0 spiro atoms. The molecule has 4 nitrogen and oxygen atoms in total. The minimum Gasteiger partial charge on any atom is -0.481 e. The third-order valence-corrected chi connectivity index (χ3v) is 5.23. The molecule has 21 heavy (non-hydrogen) atoms. The number of carbonyl (C=O) groups excluding carboxylic acids is 1. The van der Waals surface area contributed by atoms with Gasteiger partial charge in [-0.1, -0.05) is 46.3 Å². The third kappa shape index (κ3) is 2.62. The zero-order chi connectivity index (χ0) is 15.0. The highest BCUT2D eigenvalue weighted by atomic mass is 79.9. The molecular formula is C16H16BrNO3. The Kier molecular flexibility index (Phi) is 3.85. The van der Waals surface area contributed by atoms with Gasteiger partial charge in [-0.05, 0) is 29.9 Å². The number of aliphatic carboxylic acids is 1. The monoisotopic (exact) mass is 349 g/mol. The van der Waals surface area contributed by atoms with E-state index in [0.717, 1.165) is 16.5 Å². The molecule has 2 bridgehead atoms. The van der Waals surface area contributed by atoms with Crippen LogP contribution in [0.4, 0.5) is 0 Å². The Hall–Kier alpha value is -1.62. The van der Waals surface area contributed by atoms with Crippen molar-refractivity contribution in [1.82, 2.24) is 5.32 Å². The van der Waals surface area contributed by atoms with Crippen molar-refractivity contribution in [3.63, 3.8) is 0 Å². The van der Waals surface area contributed by atoms with Crippen molar-refractivity contribution in [2.75, 3.05) is 0 Å². The molecule has 1 amide bonds. The van der Waals surface area contributed by atoms with Gasteiger partial charge in [-0.3, -0.25) is 9.59 Å². The zero-order valence-electron chi connectivity index (χ0n) is 11.3. The van der Waals surface area contributed by atoms with Crippen molar-refractivity contribution in [2.45, 2.75) is 13.0 Å². The van der Waals surface area contributed by atoms with Gasteiger partial charge in [-0.2, -0.15) is 0 Å². The van der Waals surface area contributed by atoms with Crippen molar-refractivity contribution >= 4 is 27.8 Å². The number of carbonyl (C=O) groups is 2. The molecule has 0 aromatic heterocycles. The number of benzene rings is 1. The average Bonchev–Trinajstić information content (AvgIpc) is 3.06. The number of nitrogens with one attached hydrogen (secondary N) is 1. The van der Waals surface area contributed by atoms with Crippen LogP contribution in [0.2, 0.25) is 0 Å². The highest BCUT2D eigenvalue weighted by Gasteiger charge is 2.51. The summed E-state index contributed by atoms with van der Waals surface area (Å²) >= 11 is 3.44. The Morgan fingerprint density at radius 2 is 1.86 bits per heavy atom. The van der Waals surface area contributed by atoms with Gasteiger partial charge in [0.15, 0.2) is 0 Å². The van der Waals surface area contributed by atoms with Crippen molar-refractivity contribution in [3.8, 4) is 0 Å². The largest absolute Gasteiger partial charge is 0.481 e. The molecule has 0 saturated heterocycles. The summed E-state index contributed by atoms with van der Waals surface area (Å²) in [6.07, 6.45) is 4.72. The zero-order valence-corrected chi connectivity index (χ0v) is 12.9. The fraction of sp³-hybridized carbons (Fsp3) is 0.375. The molecule has 0 heterocycles. The number of hydrogen-bond acceptors (Lipinski definition) is 2. The van der Waals surface area contributed by atoms with Crippen LogP contribution in [-0.4, -0.2) is 17.0 Å². The third-order valence-electron chi connectivity index (χ3n) is 4.46. The molecule has 1 fully saturated rings. The molecule has 2 aliphatic rings. The second kappa shape index (κ2) is 5.64. The van der Waals surface area contributed by atoms with Gasteiger partial charge in [-0.25, -0.2) is 0 Å². The van der Waals surface area contributed by atoms with Gasteiger partial charge in [0, 0.05) is 11.0 Å². The van der Waals surface area contributed by atoms with Gasteiger partial charge >= 0.3 is 5.97 Å². The number of hydrogen-bond donors (Lipinski definition) is 2. The summed E-state index contributed by atoms with van der Waals surface area (Å²) in [7, 11) is 0. The second-order valence-corrected chi connectivity index (χ2v) is 6.50. The molecule has 1 saturated carbocycles. The molecule has 0 radical (unpaired) electrons. The predicted molar refractivity (Wildman–Crippen MR) is 81.3 cm³/mol. The van der Waals surface area contributed by atoms with Crippen molar-refractivity contribution < 1.29 is 14.7 Å². The first-order valence-corrected chi connectivity index (χ1v) is 7.79. The van der Waals surface area contributed by atoms with E-state index in [-0.39, 0.29) is 17.7 Å².